The van der Waals surface area contributed by atoms with Crippen LogP contribution < -0.4 is 9.62 Å². The summed E-state index contributed by atoms with van der Waals surface area (Å²) in [6, 6.07) is 6.12. The number of Topliss-reactive ketones (excluding diaryl/α,β-unsaturated/α-hetero) is 1. The van der Waals surface area contributed by atoms with Crippen molar-refractivity contribution in [2.75, 3.05) is 44.3 Å². The van der Waals surface area contributed by atoms with Crippen LogP contribution in [0.3, 0.4) is 0 Å². The van der Waals surface area contributed by atoms with Crippen LogP contribution in [0.1, 0.15) is 17.3 Å². The lowest BCUT2D eigenvalue weighted by atomic mass is 10.1. The summed E-state index contributed by atoms with van der Waals surface area (Å²) < 4.78 is 24.9. The van der Waals surface area contributed by atoms with Gasteiger partial charge >= 0.3 is 0 Å². The van der Waals surface area contributed by atoms with Gasteiger partial charge in [-0.15, -0.1) is 0 Å². The predicted molar refractivity (Wildman–Crippen MR) is 90.2 cm³/mol. The number of ketones is 1. The van der Waals surface area contributed by atoms with Gasteiger partial charge < -0.3 is 10.2 Å². The SMILES string of the molecule is CC(=O)c1ccc(N(CC(=O)NCCN(C)C)S(C)(=O)=O)cc1. The van der Waals surface area contributed by atoms with Gasteiger partial charge in [0, 0.05) is 18.7 Å². The van der Waals surface area contributed by atoms with Crippen molar-refractivity contribution in [1.29, 1.82) is 0 Å². The van der Waals surface area contributed by atoms with Gasteiger partial charge in [0.2, 0.25) is 15.9 Å². The first-order valence-corrected chi connectivity index (χ1v) is 8.96. The number of benzene rings is 1. The standard InChI is InChI=1S/C15H23N3O4S/c1-12(19)13-5-7-14(8-6-13)18(23(4,21)22)11-15(20)16-9-10-17(2)3/h5-8H,9-11H2,1-4H3,(H,16,20). The number of anilines is 1. The monoisotopic (exact) mass is 341 g/mol. The first-order valence-electron chi connectivity index (χ1n) is 7.11. The van der Waals surface area contributed by atoms with Crippen molar-refractivity contribution in [3.05, 3.63) is 29.8 Å². The van der Waals surface area contributed by atoms with Crippen molar-refractivity contribution < 1.29 is 18.0 Å². The van der Waals surface area contributed by atoms with Gasteiger partial charge in [-0.3, -0.25) is 13.9 Å². The quantitative estimate of drug-likeness (QED) is 0.689. The molecule has 0 aliphatic carbocycles. The van der Waals surface area contributed by atoms with Gasteiger partial charge in [-0.2, -0.15) is 0 Å². The molecular formula is C15H23N3O4S. The molecule has 0 radical (unpaired) electrons. The molecular weight excluding hydrogens is 318 g/mol. The Labute approximate surface area is 137 Å². The van der Waals surface area contributed by atoms with E-state index in [4.69, 9.17) is 0 Å². The molecule has 0 atom stereocenters. The third-order valence-corrected chi connectivity index (χ3v) is 4.27. The van der Waals surface area contributed by atoms with E-state index in [1.807, 2.05) is 19.0 Å². The molecule has 1 rings (SSSR count). The van der Waals surface area contributed by atoms with E-state index < -0.39 is 10.0 Å². The Morgan fingerprint density at radius 1 is 1.13 bits per heavy atom. The van der Waals surface area contributed by atoms with Gasteiger partial charge in [0.15, 0.2) is 5.78 Å². The molecule has 1 aromatic carbocycles. The summed E-state index contributed by atoms with van der Waals surface area (Å²) in [5.41, 5.74) is 0.831. The van der Waals surface area contributed by atoms with Crippen LogP contribution in [0.25, 0.3) is 0 Å². The fourth-order valence-electron chi connectivity index (χ4n) is 1.87. The lowest BCUT2D eigenvalue weighted by Crippen LogP contribution is -2.42. The Balaban J connectivity index is 2.85. The number of likely N-dealkylation sites (N-methyl/N-ethyl adjacent to an activating group) is 1. The normalized spacial score (nSPS) is 11.3. The molecule has 7 nitrogen and oxygen atoms in total. The summed E-state index contributed by atoms with van der Waals surface area (Å²) >= 11 is 0. The zero-order chi connectivity index (χ0) is 17.6. The fourth-order valence-corrected chi connectivity index (χ4v) is 2.72. The summed E-state index contributed by atoms with van der Waals surface area (Å²) in [5, 5.41) is 2.68. The van der Waals surface area contributed by atoms with Crippen LogP contribution in [0.2, 0.25) is 0 Å². The zero-order valence-electron chi connectivity index (χ0n) is 13.9. The van der Waals surface area contributed by atoms with Crippen molar-refractivity contribution in [2.45, 2.75) is 6.92 Å². The average molecular weight is 341 g/mol. The van der Waals surface area contributed by atoms with Crippen molar-refractivity contribution >= 4 is 27.4 Å². The molecule has 0 saturated carbocycles. The molecule has 1 N–H and O–H groups in total. The van der Waals surface area contributed by atoms with Gasteiger partial charge in [-0.05, 0) is 45.3 Å². The highest BCUT2D eigenvalue weighted by atomic mass is 32.2. The van der Waals surface area contributed by atoms with Crippen LogP contribution in [0, 0.1) is 0 Å². The van der Waals surface area contributed by atoms with Crippen LogP contribution >= 0.6 is 0 Å². The van der Waals surface area contributed by atoms with Gasteiger partial charge in [-0.25, -0.2) is 8.42 Å². The number of nitrogens with zero attached hydrogens (tertiary/aromatic N) is 2. The maximum Gasteiger partial charge on any atom is 0.240 e. The Morgan fingerprint density at radius 3 is 2.13 bits per heavy atom. The molecule has 1 amide bonds. The third kappa shape index (κ3) is 6.37. The maximum absolute atomic E-state index is 11.9. The molecule has 23 heavy (non-hydrogen) atoms. The molecule has 8 heteroatoms. The lowest BCUT2D eigenvalue weighted by Gasteiger charge is -2.22. The molecule has 0 unspecified atom stereocenters. The summed E-state index contributed by atoms with van der Waals surface area (Å²) in [4.78, 5) is 25.1. The van der Waals surface area contributed by atoms with E-state index in [9.17, 15) is 18.0 Å². The van der Waals surface area contributed by atoms with E-state index in [-0.39, 0.29) is 18.2 Å². The third-order valence-electron chi connectivity index (χ3n) is 3.13. The molecule has 0 spiro atoms. The summed E-state index contributed by atoms with van der Waals surface area (Å²) in [6.07, 6.45) is 1.04. The smallest absolute Gasteiger partial charge is 0.240 e. The Bertz CT molecular complexity index is 654. The maximum atomic E-state index is 11.9. The highest BCUT2D eigenvalue weighted by Gasteiger charge is 2.20. The molecule has 0 heterocycles. The Hall–Kier alpha value is -1.93. The average Bonchev–Trinajstić information content (AvgIpc) is 2.43. The highest BCUT2D eigenvalue weighted by molar-refractivity contribution is 7.92. The van der Waals surface area contributed by atoms with Gasteiger partial charge in [0.25, 0.3) is 0 Å². The molecule has 1 aromatic rings. The van der Waals surface area contributed by atoms with E-state index in [0.29, 0.717) is 24.3 Å². The number of rotatable bonds is 8. The van der Waals surface area contributed by atoms with Gasteiger partial charge in [0.1, 0.15) is 6.54 Å². The van der Waals surface area contributed by atoms with Crippen molar-refractivity contribution in [2.24, 2.45) is 0 Å². The largest absolute Gasteiger partial charge is 0.353 e. The first-order chi connectivity index (χ1) is 10.6. The molecule has 0 saturated heterocycles. The number of hydrogen-bond acceptors (Lipinski definition) is 5. The second kappa shape index (κ2) is 8.07. The molecule has 0 bridgehead atoms. The number of hydrogen-bond donors (Lipinski definition) is 1. The van der Waals surface area contributed by atoms with E-state index in [0.717, 1.165) is 10.6 Å². The lowest BCUT2D eigenvalue weighted by molar-refractivity contribution is -0.119. The van der Waals surface area contributed by atoms with Crippen LogP contribution in [0.4, 0.5) is 5.69 Å². The number of carbonyl (C=O) groups is 2. The Morgan fingerprint density at radius 2 is 1.70 bits per heavy atom. The summed E-state index contributed by atoms with van der Waals surface area (Å²) in [6.45, 7) is 2.23. The minimum absolute atomic E-state index is 0.108. The first kappa shape index (κ1) is 19.1. The fraction of sp³-hybridized carbons (Fsp3) is 0.467. The number of nitrogens with one attached hydrogen (secondary N) is 1. The molecule has 0 aromatic heterocycles. The van der Waals surface area contributed by atoms with Crippen LogP contribution in [0.15, 0.2) is 24.3 Å². The predicted octanol–water partition coefficient (Wildman–Crippen LogP) is 0.333. The number of sulfonamides is 1. The number of amides is 1. The van der Waals surface area contributed by atoms with Crippen LogP contribution in [-0.4, -0.2) is 65.0 Å². The minimum Gasteiger partial charge on any atom is -0.353 e. The van der Waals surface area contributed by atoms with Crippen LogP contribution in [0.5, 0.6) is 0 Å². The highest BCUT2D eigenvalue weighted by Crippen LogP contribution is 2.18. The molecule has 128 valence electrons. The van der Waals surface area contributed by atoms with Gasteiger partial charge in [0.05, 0.1) is 11.9 Å². The second-order valence-electron chi connectivity index (χ2n) is 5.53. The second-order valence-corrected chi connectivity index (χ2v) is 7.43. The van der Waals surface area contributed by atoms with Crippen molar-refractivity contribution in [1.82, 2.24) is 10.2 Å². The molecule has 0 fully saturated rings. The van der Waals surface area contributed by atoms with E-state index in [1.54, 1.807) is 12.1 Å². The summed E-state index contributed by atoms with van der Waals surface area (Å²) in [7, 11) is 0.151. The summed E-state index contributed by atoms with van der Waals surface area (Å²) in [5.74, 6) is -0.489. The molecule has 0 aliphatic heterocycles. The topological polar surface area (TPSA) is 86.8 Å². The van der Waals surface area contributed by atoms with Crippen molar-refractivity contribution in [3.63, 3.8) is 0 Å². The van der Waals surface area contributed by atoms with Crippen molar-refractivity contribution in [3.8, 4) is 0 Å². The number of carbonyl (C=O) groups excluding carboxylic acids is 2. The zero-order valence-corrected chi connectivity index (χ0v) is 14.7. The minimum atomic E-state index is -3.61. The van der Waals surface area contributed by atoms with Crippen LogP contribution in [-0.2, 0) is 14.8 Å². The Kier molecular flexibility index (Phi) is 6.71. The van der Waals surface area contributed by atoms with E-state index >= 15 is 0 Å². The van der Waals surface area contributed by atoms with Gasteiger partial charge in [-0.1, -0.05) is 0 Å². The van der Waals surface area contributed by atoms with E-state index in [2.05, 4.69) is 5.32 Å². The van der Waals surface area contributed by atoms with E-state index in [1.165, 1.54) is 19.1 Å². The molecule has 0 aliphatic rings.